The van der Waals surface area contributed by atoms with Gasteiger partial charge < -0.3 is 0 Å². The number of carbonyl (C=O) groups excluding carboxylic acids is 3. The Balaban J connectivity index is 1.48. The summed E-state index contributed by atoms with van der Waals surface area (Å²) in [6.45, 7) is 1.68. The molecule has 1 saturated heterocycles. The summed E-state index contributed by atoms with van der Waals surface area (Å²) < 4.78 is 0. The number of anilines is 1. The zero-order valence-corrected chi connectivity index (χ0v) is 17.5. The van der Waals surface area contributed by atoms with E-state index in [0.29, 0.717) is 17.0 Å². The average Bonchev–Trinajstić information content (AvgIpc) is 3.07. The molecule has 9 nitrogen and oxygen atoms in total. The molecule has 2 aromatic carbocycles. The van der Waals surface area contributed by atoms with Crippen molar-refractivity contribution in [3.8, 4) is 0 Å². The first-order valence-electron chi connectivity index (χ1n) is 10.4. The summed E-state index contributed by atoms with van der Waals surface area (Å²) in [5.74, 6) is -1.37. The highest BCUT2D eigenvalue weighted by Crippen LogP contribution is 2.40. The molecule has 2 fully saturated rings. The first-order chi connectivity index (χ1) is 15.4. The molecule has 0 spiro atoms. The van der Waals surface area contributed by atoms with Crippen LogP contribution in [0.3, 0.4) is 0 Å². The number of fused-ring (bicyclic) bond motifs is 1. The third kappa shape index (κ3) is 3.89. The van der Waals surface area contributed by atoms with Crippen LogP contribution in [0.2, 0.25) is 0 Å². The Morgan fingerprint density at radius 2 is 1.62 bits per heavy atom. The molecule has 1 aliphatic heterocycles. The number of amides is 3. The maximum atomic E-state index is 12.7. The van der Waals surface area contributed by atoms with Gasteiger partial charge in [-0.05, 0) is 43.5 Å². The quantitative estimate of drug-likeness (QED) is 0.334. The van der Waals surface area contributed by atoms with Crippen molar-refractivity contribution in [2.75, 3.05) is 4.90 Å². The lowest BCUT2D eigenvalue weighted by Gasteiger charge is -2.19. The third-order valence-corrected chi connectivity index (χ3v) is 6.05. The lowest BCUT2D eigenvalue weighted by molar-refractivity contribution is -0.385. The van der Waals surface area contributed by atoms with Crippen LogP contribution in [0.1, 0.15) is 48.5 Å². The number of nitrogens with zero attached hydrogens (tertiary/aromatic N) is 3. The molecule has 2 aliphatic rings. The standard InChI is InChI=1S/C23H22N4O5/c1-14(24-25-21(28)19-8-4-5-9-20(19)27(31)32)15-10-12-16(13-11-15)26-22(29)17-6-2-3-7-18(17)23(26)30/h4-5,8-13,17-18H,2-3,6-7H2,1H3,(H,25,28)/b24-14-/t17-,18-/m0/s1. The zero-order chi connectivity index (χ0) is 22.8. The van der Waals surface area contributed by atoms with Gasteiger partial charge in [-0.3, -0.25) is 29.4 Å². The minimum absolute atomic E-state index is 0.0862. The monoisotopic (exact) mass is 434 g/mol. The molecule has 3 amide bonds. The molecule has 32 heavy (non-hydrogen) atoms. The molecule has 164 valence electrons. The van der Waals surface area contributed by atoms with Gasteiger partial charge in [0, 0.05) is 6.07 Å². The minimum atomic E-state index is -0.691. The fourth-order valence-corrected chi connectivity index (χ4v) is 4.35. The van der Waals surface area contributed by atoms with E-state index in [1.165, 1.54) is 29.2 Å². The molecule has 2 atom stereocenters. The second-order valence-electron chi connectivity index (χ2n) is 7.97. The number of benzene rings is 2. The molecule has 4 rings (SSSR count). The molecule has 1 heterocycles. The van der Waals surface area contributed by atoms with Crippen LogP contribution >= 0.6 is 0 Å². The number of imide groups is 1. The van der Waals surface area contributed by atoms with Crippen molar-refractivity contribution in [2.45, 2.75) is 32.6 Å². The van der Waals surface area contributed by atoms with Gasteiger partial charge in [0.1, 0.15) is 5.56 Å². The van der Waals surface area contributed by atoms with Crippen LogP contribution in [-0.4, -0.2) is 28.4 Å². The van der Waals surface area contributed by atoms with E-state index < -0.39 is 10.8 Å². The Labute approximate surface area is 184 Å². The van der Waals surface area contributed by atoms with Crippen LogP contribution in [0.15, 0.2) is 53.6 Å². The fraction of sp³-hybridized carbons (Fsp3) is 0.304. The van der Waals surface area contributed by atoms with Crippen LogP contribution < -0.4 is 10.3 Å². The Bertz CT molecular complexity index is 1100. The second-order valence-corrected chi connectivity index (χ2v) is 7.97. The molecular formula is C23H22N4O5. The van der Waals surface area contributed by atoms with Crippen LogP contribution in [0.25, 0.3) is 0 Å². The summed E-state index contributed by atoms with van der Waals surface area (Å²) in [7, 11) is 0. The molecule has 1 saturated carbocycles. The van der Waals surface area contributed by atoms with E-state index in [1.54, 1.807) is 31.2 Å². The number of carbonyl (C=O) groups is 3. The summed E-state index contributed by atoms with van der Waals surface area (Å²) >= 11 is 0. The second kappa shape index (κ2) is 8.70. The molecule has 0 aromatic heterocycles. The third-order valence-electron chi connectivity index (χ3n) is 6.05. The minimum Gasteiger partial charge on any atom is -0.274 e. The van der Waals surface area contributed by atoms with E-state index >= 15 is 0 Å². The van der Waals surface area contributed by atoms with E-state index in [1.807, 2.05) is 0 Å². The van der Waals surface area contributed by atoms with E-state index in [9.17, 15) is 24.5 Å². The number of nitrogens with one attached hydrogen (secondary N) is 1. The lowest BCUT2D eigenvalue weighted by atomic mass is 9.81. The molecule has 1 N–H and O–H groups in total. The van der Waals surface area contributed by atoms with Gasteiger partial charge in [-0.25, -0.2) is 5.43 Å². The Hall–Kier alpha value is -3.88. The molecule has 9 heteroatoms. The lowest BCUT2D eigenvalue weighted by Crippen LogP contribution is -2.30. The predicted molar refractivity (Wildman–Crippen MR) is 117 cm³/mol. The molecule has 2 aromatic rings. The van der Waals surface area contributed by atoms with Crippen molar-refractivity contribution < 1.29 is 19.3 Å². The van der Waals surface area contributed by atoms with Gasteiger partial charge in [-0.2, -0.15) is 5.10 Å². The van der Waals surface area contributed by atoms with Gasteiger partial charge in [0.05, 0.1) is 28.2 Å². The van der Waals surface area contributed by atoms with Gasteiger partial charge in [0.2, 0.25) is 11.8 Å². The number of hydrazone groups is 1. The molecule has 0 radical (unpaired) electrons. The zero-order valence-electron chi connectivity index (χ0n) is 17.5. The van der Waals surface area contributed by atoms with Crippen molar-refractivity contribution in [3.63, 3.8) is 0 Å². The molecular weight excluding hydrogens is 412 g/mol. The van der Waals surface area contributed by atoms with Gasteiger partial charge >= 0.3 is 0 Å². The number of nitro groups is 1. The first kappa shape index (κ1) is 21.4. The number of nitro benzene ring substituents is 1. The number of hydrogen-bond acceptors (Lipinski definition) is 6. The Morgan fingerprint density at radius 1 is 1.03 bits per heavy atom. The fourth-order valence-electron chi connectivity index (χ4n) is 4.35. The normalized spacial score (nSPS) is 20.8. The maximum absolute atomic E-state index is 12.7. The van der Waals surface area contributed by atoms with Crippen LogP contribution in [0, 0.1) is 22.0 Å². The van der Waals surface area contributed by atoms with Crippen molar-refractivity contribution in [1.82, 2.24) is 5.43 Å². The van der Waals surface area contributed by atoms with Crippen LogP contribution in [-0.2, 0) is 9.59 Å². The topological polar surface area (TPSA) is 122 Å². The highest BCUT2D eigenvalue weighted by Gasteiger charge is 2.48. The predicted octanol–water partition coefficient (Wildman–Crippen LogP) is 3.43. The molecule has 0 bridgehead atoms. The van der Waals surface area contributed by atoms with Gasteiger partial charge in [0.15, 0.2) is 0 Å². The summed E-state index contributed by atoms with van der Waals surface area (Å²) in [6.07, 6.45) is 3.46. The summed E-state index contributed by atoms with van der Waals surface area (Å²) in [5.41, 5.74) is 3.61. The van der Waals surface area contributed by atoms with Gasteiger partial charge in [-0.1, -0.05) is 37.1 Å². The van der Waals surface area contributed by atoms with Gasteiger partial charge in [0.25, 0.3) is 11.6 Å². The largest absolute Gasteiger partial charge is 0.282 e. The Morgan fingerprint density at radius 3 is 2.22 bits per heavy atom. The smallest absolute Gasteiger partial charge is 0.274 e. The van der Waals surface area contributed by atoms with Crippen molar-refractivity contribution in [2.24, 2.45) is 16.9 Å². The van der Waals surface area contributed by atoms with E-state index in [2.05, 4.69) is 10.5 Å². The summed E-state index contributed by atoms with van der Waals surface area (Å²) in [5, 5.41) is 15.1. The van der Waals surface area contributed by atoms with Crippen molar-refractivity contribution >= 4 is 34.8 Å². The van der Waals surface area contributed by atoms with E-state index in [0.717, 1.165) is 25.7 Å². The summed E-state index contributed by atoms with van der Waals surface area (Å²) in [6, 6.07) is 12.4. The SMILES string of the molecule is C/C(=N/NC(=O)c1ccccc1[N+](=O)[O-])c1ccc(N2C(=O)[C@H]3CCCC[C@@H]3C2=O)cc1. The number of rotatable bonds is 5. The Kier molecular flexibility index (Phi) is 5.81. The molecule has 0 unspecified atom stereocenters. The number of para-hydroxylation sites is 1. The maximum Gasteiger partial charge on any atom is 0.282 e. The molecule has 1 aliphatic carbocycles. The number of hydrogen-bond donors (Lipinski definition) is 1. The van der Waals surface area contributed by atoms with Crippen molar-refractivity contribution in [3.05, 3.63) is 69.8 Å². The van der Waals surface area contributed by atoms with Gasteiger partial charge in [-0.15, -0.1) is 0 Å². The van der Waals surface area contributed by atoms with E-state index in [4.69, 9.17) is 0 Å². The van der Waals surface area contributed by atoms with Crippen LogP contribution in [0.5, 0.6) is 0 Å². The first-order valence-corrected chi connectivity index (χ1v) is 10.4. The highest BCUT2D eigenvalue weighted by molar-refractivity contribution is 6.22. The summed E-state index contributed by atoms with van der Waals surface area (Å²) in [4.78, 5) is 49.6. The van der Waals surface area contributed by atoms with Crippen LogP contribution in [0.4, 0.5) is 11.4 Å². The van der Waals surface area contributed by atoms with Crippen molar-refractivity contribution in [1.29, 1.82) is 0 Å². The van der Waals surface area contributed by atoms with E-state index in [-0.39, 0.29) is 34.9 Å². The highest BCUT2D eigenvalue weighted by atomic mass is 16.6. The average molecular weight is 434 g/mol.